The summed E-state index contributed by atoms with van der Waals surface area (Å²) in [7, 11) is 0. The molecule has 0 saturated heterocycles. The number of anilines is 1. The molecule has 0 aliphatic heterocycles. The number of thiocarbonyl (C=S) groups is 1. The van der Waals surface area contributed by atoms with Crippen molar-refractivity contribution in [3.8, 4) is 11.5 Å². The van der Waals surface area contributed by atoms with Crippen molar-refractivity contribution in [3.05, 3.63) is 54.1 Å². The lowest BCUT2D eigenvalue weighted by Crippen LogP contribution is -2.27. The second-order valence-electron chi connectivity index (χ2n) is 4.82. The third-order valence-electron chi connectivity index (χ3n) is 3.10. The zero-order chi connectivity index (χ0) is 16.5. The summed E-state index contributed by atoms with van der Waals surface area (Å²) < 4.78 is 11.2. The van der Waals surface area contributed by atoms with Crippen molar-refractivity contribution in [2.75, 3.05) is 18.5 Å². The zero-order valence-corrected chi connectivity index (χ0v) is 14.3. The Morgan fingerprint density at radius 1 is 0.957 bits per heavy atom. The first-order valence-corrected chi connectivity index (χ1v) is 8.12. The van der Waals surface area contributed by atoms with Gasteiger partial charge in [0.1, 0.15) is 0 Å². The van der Waals surface area contributed by atoms with Crippen molar-refractivity contribution in [2.24, 2.45) is 0 Å². The summed E-state index contributed by atoms with van der Waals surface area (Å²) in [5.41, 5.74) is 2.04. The van der Waals surface area contributed by atoms with Gasteiger partial charge in [0.05, 0.1) is 13.2 Å². The third-order valence-corrected chi connectivity index (χ3v) is 3.34. The Bertz CT molecular complexity index is 632. The molecule has 0 aromatic heterocycles. The average Bonchev–Trinajstić information content (AvgIpc) is 2.57. The van der Waals surface area contributed by atoms with Crippen LogP contribution in [0.1, 0.15) is 19.4 Å². The maximum absolute atomic E-state index is 5.61. The molecule has 0 unspecified atom stereocenters. The van der Waals surface area contributed by atoms with Crippen molar-refractivity contribution >= 4 is 23.0 Å². The van der Waals surface area contributed by atoms with Crippen molar-refractivity contribution in [2.45, 2.75) is 20.4 Å². The fraction of sp³-hybridized carbons (Fsp3) is 0.278. The van der Waals surface area contributed by atoms with E-state index in [-0.39, 0.29) is 0 Å². The topological polar surface area (TPSA) is 42.5 Å². The van der Waals surface area contributed by atoms with E-state index in [9.17, 15) is 0 Å². The second kappa shape index (κ2) is 9.00. The van der Waals surface area contributed by atoms with Gasteiger partial charge in [-0.3, -0.25) is 0 Å². The number of nitrogens with one attached hydrogen (secondary N) is 2. The highest BCUT2D eigenvalue weighted by Crippen LogP contribution is 2.30. The number of ether oxygens (including phenoxy) is 2. The smallest absolute Gasteiger partial charge is 0.171 e. The predicted octanol–water partition coefficient (Wildman–Crippen LogP) is 3.97. The van der Waals surface area contributed by atoms with E-state index < -0.39 is 0 Å². The van der Waals surface area contributed by atoms with Crippen LogP contribution in [-0.4, -0.2) is 18.3 Å². The summed E-state index contributed by atoms with van der Waals surface area (Å²) in [5, 5.41) is 6.92. The second-order valence-corrected chi connectivity index (χ2v) is 5.23. The van der Waals surface area contributed by atoms with E-state index in [1.807, 2.05) is 50.2 Å². The monoisotopic (exact) mass is 330 g/mol. The fourth-order valence-electron chi connectivity index (χ4n) is 2.08. The van der Waals surface area contributed by atoms with Crippen LogP contribution in [0.25, 0.3) is 0 Å². The van der Waals surface area contributed by atoms with Crippen molar-refractivity contribution in [1.82, 2.24) is 5.32 Å². The molecular formula is C18H22N2O2S. The maximum Gasteiger partial charge on any atom is 0.171 e. The molecule has 122 valence electrons. The summed E-state index contributed by atoms with van der Waals surface area (Å²) >= 11 is 5.33. The Morgan fingerprint density at radius 3 is 2.35 bits per heavy atom. The molecule has 5 heteroatoms. The fourth-order valence-corrected chi connectivity index (χ4v) is 2.27. The molecule has 0 spiro atoms. The predicted molar refractivity (Wildman–Crippen MR) is 98.3 cm³/mol. The van der Waals surface area contributed by atoms with Gasteiger partial charge in [-0.1, -0.05) is 30.3 Å². The van der Waals surface area contributed by atoms with E-state index in [0.29, 0.717) is 30.6 Å². The number of benzene rings is 2. The molecule has 0 radical (unpaired) electrons. The highest BCUT2D eigenvalue weighted by molar-refractivity contribution is 7.80. The van der Waals surface area contributed by atoms with Crippen LogP contribution in [0.5, 0.6) is 11.5 Å². The molecule has 4 nitrogen and oxygen atoms in total. The Balaban J connectivity index is 1.96. The van der Waals surface area contributed by atoms with Gasteiger partial charge in [-0.15, -0.1) is 0 Å². The summed E-state index contributed by atoms with van der Waals surface area (Å²) in [6, 6.07) is 15.8. The van der Waals surface area contributed by atoms with Crippen molar-refractivity contribution < 1.29 is 9.47 Å². The molecule has 0 aliphatic carbocycles. The minimum atomic E-state index is 0.570. The van der Waals surface area contributed by atoms with Crippen LogP contribution in [0, 0.1) is 0 Å². The van der Waals surface area contributed by atoms with Gasteiger partial charge in [-0.2, -0.15) is 0 Å². The number of hydrogen-bond acceptors (Lipinski definition) is 3. The van der Waals surface area contributed by atoms with Gasteiger partial charge >= 0.3 is 0 Å². The van der Waals surface area contributed by atoms with Crippen LogP contribution >= 0.6 is 12.2 Å². The van der Waals surface area contributed by atoms with E-state index in [1.54, 1.807) is 0 Å². The van der Waals surface area contributed by atoms with Crippen LogP contribution < -0.4 is 20.1 Å². The summed E-state index contributed by atoms with van der Waals surface area (Å²) in [6.07, 6.45) is 0. The van der Waals surface area contributed by atoms with Gasteiger partial charge in [0, 0.05) is 18.3 Å². The normalized spacial score (nSPS) is 10.0. The van der Waals surface area contributed by atoms with Crippen LogP contribution in [0.4, 0.5) is 5.69 Å². The molecule has 0 atom stereocenters. The van der Waals surface area contributed by atoms with Gasteiger partial charge in [0.15, 0.2) is 16.6 Å². The van der Waals surface area contributed by atoms with Gasteiger partial charge in [0.25, 0.3) is 0 Å². The molecule has 2 N–H and O–H groups in total. The SMILES string of the molecule is CCOc1ccc(NC(=S)NCc2ccccc2)cc1OCC. The lowest BCUT2D eigenvalue weighted by Gasteiger charge is -2.14. The Labute approximate surface area is 142 Å². The molecule has 0 amide bonds. The van der Waals surface area contributed by atoms with E-state index in [0.717, 1.165) is 11.4 Å². The molecule has 2 aromatic rings. The lowest BCUT2D eigenvalue weighted by atomic mass is 10.2. The van der Waals surface area contributed by atoms with Crippen LogP contribution in [-0.2, 0) is 6.54 Å². The molecule has 0 bridgehead atoms. The standard InChI is InChI=1S/C18H22N2O2S/c1-3-21-16-11-10-15(12-17(16)22-4-2)20-18(23)19-13-14-8-6-5-7-9-14/h5-12H,3-4,13H2,1-2H3,(H2,19,20,23). The number of rotatable bonds is 7. The summed E-state index contributed by atoms with van der Waals surface area (Å²) in [6.45, 7) is 5.76. The van der Waals surface area contributed by atoms with Crippen LogP contribution in [0.15, 0.2) is 48.5 Å². The largest absolute Gasteiger partial charge is 0.490 e. The molecule has 0 fully saturated rings. The highest BCUT2D eigenvalue weighted by atomic mass is 32.1. The Hall–Kier alpha value is -2.27. The quantitative estimate of drug-likeness (QED) is 0.752. The molecule has 0 heterocycles. The number of hydrogen-bond donors (Lipinski definition) is 2. The first-order chi connectivity index (χ1) is 11.2. The van der Waals surface area contributed by atoms with Crippen molar-refractivity contribution in [1.29, 1.82) is 0 Å². The average molecular weight is 330 g/mol. The summed E-state index contributed by atoms with van der Waals surface area (Å²) in [4.78, 5) is 0. The van der Waals surface area contributed by atoms with E-state index >= 15 is 0 Å². The molecular weight excluding hydrogens is 308 g/mol. The Kier molecular flexibility index (Phi) is 6.69. The van der Waals surface area contributed by atoms with Gasteiger partial charge in [-0.25, -0.2) is 0 Å². The third kappa shape index (κ3) is 5.45. The zero-order valence-electron chi connectivity index (χ0n) is 13.5. The molecule has 2 aromatic carbocycles. The minimum absolute atomic E-state index is 0.570. The maximum atomic E-state index is 5.61. The van der Waals surface area contributed by atoms with Gasteiger partial charge in [0.2, 0.25) is 0 Å². The molecule has 0 saturated carbocycles. The lowest BCUT2D eigenvalue weighted by molar-refractivity contribution is 0.288. The Morgan fingerprint density at radius 2 is 1.65 bits per heavy atom. The van der Waals surface area contributed by atoms with E-state index in [2.05, 4.69) is 22.8 Å². The highest BCUT2D eigenvalue weighted by Gasteiger charge is 2.07. The van der Waals surface area contributed by atoms with Gasteiger partial charge in [-0.05, 0) is 43.8 Å². The molecule has 0 aliphatic rings. The van der Waals surface area contributed by atoms with Gasteiger partial charge < -0.3 is 20.1 Å². The molecule has 2 rings (SSSR count). The summed E-state index contributed by atoms with van der Waals surface area (Å²) in [5.74, 6) is 1.45. The molecule has 23 heavy (non-hydrogen) atoms. The first kappa shape index (κ1) is 17.1. The van der Waals surface area contributed by atoms with Crippen LogP contribution in [0.2, 0.25) is 0 Å². The van der Waals surface area contributed by atoms with E-state index in [4.69, 9.17) is 21.7 Å². The minimum Gasteiger partial charge on any atom is -0.490 e. The van der Waals surface area contributed by atoms with Crippen LogP contribution in [0.3, 0.4) is 0 Å². The first-order valence-electron chi connectivity index (χ1n) is 7.71. The van der Waals surface area contributed by atoms with Crippen molar-refractivity contribution in [3.63, 3.8) is 0 Å². The van der Waals surface area contributed by atoms with E-state index in [1.165, 1.54) is 5.56 Å².